The van der Waals surface area contributed by atoms with Crippen molar-refractivity contribution in [1.29, 1.82) is 0 Å². The van der Waals surface area contributed by atoms with E-state index in [0.717, 1.165) is 31.6 Å². The van der Waals surface area contributed by atoms with Crippen molar-refractivity contribution in [3.8, 4) is 0 Å². The summed E-state index contributed by atoms with van der Waals surface area (Å²) in [5.41, 5.74) is 0. The van der Waals surface area contributed by atoms with Crippen LogP contribution in [0.25, 0.3) is 31.6 Å². The van der Waals surface area contributed by atoms with Crippen LogP contribution in [0, 0.1) is 48.5 Å². The molecule has 0 aliphatic carbocycles. The maximum Gasteiger partial charge on any atom is 0.0928 e. The highest BCUT2D eigenvalue weighted by atomic mass is 32.1. The standard InChI is InChI=1S/C24H10S/c1-2-9-20-13-14-21-10-3-4-11-22(21)15-16-24-23(17-18-25-24)12-6-5-8-19(20)7-1/h1-4,7,9-11,17-18H. The summed E-state index contributed by atoms with van der Waals surface area (Å²) in [4.78, 5) is 0. The lowest BCUT2D eigenvalue weighted by Crippen LogP contribution is -1.64. The Morgan fingerprint density at radius 2 is 0.960 bits per heavy atom. The van der Waals surface area contributed by atoms with Crippen LogP contribution < -0.4 is 0 Å². The molecule has 0 aliphatic rings. The van der Waals surface area contributed by atoms with Gasteiger partial charge in [0.05, 0.1) is 10.1 Å². The number of benzene rings is 2. The summed E-state index contributed by atoms with van der Waals surface area (Å²) in [6.07, 6.45) is 0. The highest BCUT2D eigenvalue weighted by Crippen LogP contribution is 2.14. The highest BCUT2D eigenvalue weighted by Gasteiger charge is 1.88. The molecule has 1 heteroatoms. The molecule has 0 fully saturated rings. The van der Waals surface area contributed by atoms with E-state index in [4.69, 9.17) is 0 Å². The van der Waals surface area contributed by atoms with Crippen LogP contribution in [-0.2, 0) is 0 Å². The van der Waals surface area contributed by atoms with E-state index >= 15 is 0 Å². The smallest absolute Gasteiger partial charge is 0.0928 e. The lowest BCUT2D eigenvalue weighted by molar-refractivity contribution is 1.80. The minimum absolute atomic E-state index is 0.885. The summed E-state index contributed by atoms with van der Waals surface area (Å²) in [6, 6.07) is 42.8. The van der Waals surface area contributed by atoms with Crippen LogP contribution in [0.3, 0.4) is 0 Å². The Labute approximate surface area is 151 Å². The van der Waals surface area contributed by atoms with Crippen molar-refractivity contribution in [3.63, 3.8) is 0 Å². The number of rotatable bonds is 0. The van der Waals surface area contributed by atoms with E-state index in [1.54, 1.807) is 11.3 Å². The van der Waals surface area contributed by atoms with Gasteiger partial charge < -0.3 is 0 Å². The molecule has 0 atom stereocenters. The van der Waals surface area contributed by atoms with Crippen LogP contribution >= 0.6 is 11.3 Å². The summed E-state index contributed by atoms with van der Waals surface area (Å²) >= 11 is 1.59. The van der Waals surface area contributed by atoms with Crippen molar-refractivity contribution >= 4 is 43.0 Å². The summed E-state index contributed by atoms with van der Waals surface area (Å²) in [6.45, 7) is 0. The maximum atomic E-state index is 3.24. The lowest BCUT2D eigenvalue weighted by Gasteiger charge is -1.86. The van der Waals surface area contributed by atoms with Gasteiger partial charge in [0.2, 0.25) is 0 Å². The van der Waals surface area contributed by atoms with Gasteiger partial charge in [-0.1, -0.05) is 54.6 Å². The normalized spacial score (nSPS) is 9.12. The average molecular weight is 330 g/mol. The Morgan fingerprint density at radius 1 is 0.480 bits per heavy atom. The Balaban J connectivity index is 2.13. The average Bonchev–Trinajstić information content (AvgIpc) is 3.10. The monoisotopic (exact) mass is 330 g/mol. The van der Waals surface area contributed by atoms with Crippen LogP contribution in [0.2, 0.25) is 0 Å². The summed E-state index contributed by atoms with van der Waals surface area (Å²) in [7, 11) is 0. The molecule has 4 aromatic rings. The van der Waals surface area contributed by atoms with Crippen LogP contribution in [0.4, 0.5) is 0 Å². The zero-order chi connectivity index (χ0) is 16.9. The second kappa shape index (κ2) is 6.87. The van der Waals surface area contributed by atoms with Crippen LogP contribution in [0.1, 0.15) is 0 Å². The maximum absolute atomic E-state index is 3.24. The van der Waals surface area contributed by atoms with E-state index in [1.807, 2.05) is 60.0 Å². The van der Waals surface area contributed by atoms with Gasteiger partial charge in [-0.2, -0.15) is 0 Å². The second-order valence-corrected chi connectivity index (χ2v) is 6.17. The van der Waals surface area contributed by atoms with Gasteiger partial charge in [-0.15, -0.1) is 11.3 Å². The van der Waals surface area contributed by atoms with Gasteiger partial charge in [-0.25, -0.2) is 0 Å². The fourth-order valence-electron chi connectivity index (χ4n) is 2.36. The van der Waals surface area contributed by atoms with Crippen LogP contribution in [0.5, 0.6) is 0 Å². The fraction of sp³-hybridized carbons (Fsp3) is 0. The molecule has 0 unspecified atom stereocenters. The molecular formula is C24H10S. The van der Waals surface area contributed by atoms with Gasteiger partial charge in [0.25, 0.3) is 0 Å². The molecular weight excluding hydrogens is 320 g/mol. The largest absolute Gasteiger partial charge is 0.134 e. The number of hydrogen-bond acceptors (Lipinski definition) is 1. The Bertz CT molecular complexity index is 1150. The molecule has 0 saturated carbocycles. The van der Waals surface area contributed by atoms with Gasteiger partial charge in [0.15, 0.2) is 0 Å². The van der Waals surface area contributed by atoms with Crippen LogP contribution in [-0.4, -0.2) is 0 Å². The zero-order valence-corrected chi connectivity index (χ0v) is 14.0. The predicted molar refractivity (Wildman–Crippen MR) is 103 cm³/mol. The predicted octanol–water partition coefficient (Wildman–Crippen LogP) is 5.86. The third kappa shape index (κ3) is 3.34. The van der Waals surface area contributed by atoms with E-state index in [2.05, 4.69) is 48.5 Å². The minimum atomic E-state index is 0.885. The molecule has 1 aromatic heterocycles. The number of fused-ring (bicyclic) bond motifs is 3. The number of hydrogen-bond donors (Lipinski definition) is 0. The van der Waals surface area contributed by atoms with Gasteiger partial charge >= 0.3 is 0 Å². The Hall–Kier alpha value is -3.62. The summed E-state index contributed by atoms with van der Waals surface area (Å²) < 4.78 is 0.953. The van der Waals surface area contributed by atoms with Crippen molar-refractivity contribution in [3.05, 3.63) is 109 Å². The quantitative estimate of drug-likeness (QED) is 0.379. The summed E-state index contributed by atoms with van der Waals surface area (Å²) in [5, 5.41) is 6.53. The third-order valence-electron chi connectivity index (χ3n) is 3.62. The van der Waals surface area contributed by atoms with Gasteiger partial charge in [0.1, 0.15) is 0 Å². The molecule has 0 N–H and O–H groups in total. The van der Waals surface area contributed by atoms with Crippen LogP contribution in [0.15, 0.2) is 60.0 Å². The molecule has 0 spiro atoms. The first-order chi connectivity index (χ1) is 12.4. The highest BCUT2D eigenvalue weighted by molar-refractivity contribution is 7.17. The van der Waals surface area contributed by atoms with E-state index < -0.39 is 0 Å². The molecule has 0 amide bonds. The molecule has 0 radical (unpaired) electrons. The van der Waals surface area contributed by atoms with E-state index in [-0.39, 0.29) is 0 Å². The van der Waals surface area contributed by atoms with Crippen molar-refractivity contribution in [2.24, 2.45) is 0 Å². The third-order valence-corrected chi connectivity index (χ3v) is 4.45. The Kier molecular flexibility index (Phi) is 4.11. The first-order valence-electron chi connectivity index (χ1n) is 7.72. The van der Waals surface area contributed by atoms with E-state index in [1.165, 1.54) is 0 Å². The molecule has 112 valence electrons. The molecule has 0 aliphatic heterocycles. The molecule has 25 heavy (non-hydrogen) atoms. The minimum Gasteiger partial charge on any atom is -0.134 e. The molecule has 4 rings (SSSR count). The first-order valence-corrected chi connectivity index (χ1v) is 8.60. The Morgan fingerprint density at radius 3 is 1.56 bits per heavy atom. The topological polar surface area (TPSA) is 0 Å². The van der Waals surface area contributed by atoms with Crippen molar-refractivity contribution in [2.45, 2.75) is 0 Å². The molecule has 0 nitrogen and oxygen atoms in total. The van der Waals surface area contributed by atoms with Gasteiger partial charge in [0, 0.05) is 21.5 Å². The van der Waals surface area contributed by atoms with E-state index in [0.29, 0.717) is 0 Å². The van der Waals surface area contributed by atoms with E-state index in [9.17, 15) is 0 Å². The SMILES string of the molecule is c1c#cc2ccsc2c#cc2ccccc2c#cc2ccccc2c#1. The van der Waals surface area contributed by atoms with Crippen molar-refractivity contribution in [1.82, 2.24) is 0 Å². The molecule has 0 bridgehead atoms. The first kappa shape index (κ1) is 14.9. The lowest BCUT2D eigenvalue weighted by atomic mass is 10.2. The molecule has 1 heterocycles. The zero-order valence-electron chi connectivity index (χ0n) is 13.2. The number of thiophene rings is 1. The summed E-state index contributed by atoms with van der Waals surface area (Å²) in [5.74, 6) is 0. The van der Waals surface area contributed by atoms with Crippen molar-refractivity contribution in [2.75, 3.05) is 0 Å². The van der Waals surface area contributed by atoms with Crippen molar-refractivity contribution < 1.29 is 0 Å². The van der Waals surface area contributed by atoms with Gasteiger partial charge in [-0.05, 0) is 53.9 Å². The molecule has 0 saturated heterocycles. The second-order valence-electron chi connectivity index (χ2n) is 5.25. The van der Waals surface area contributed by atoms with Gasteiger partial charge in [-0.3, -0.25) is 0 Å². The fourth-order valence-corrected chi connectivity index (χ4v) is 3.06. The molecule has 3 aromatic carbocycles.